The predicted molar refractivity (Wildman–Crippen MR) is 102 cm³/mol. The third kappa shape index (κ3) is 4.92. The summed E-state index contributed by atoms with van der Waals surface area (Å²) < 4.78 is 7.06. The zero-order valence-electron chi connectivity index (χ0n) is 14.9. The van der Waals surface area contributed by atoms with E-state index in [4.69, 9.17) is 4.74 Å². The highest BCUT2D eigenvalue weighted by molar-refractivity contribution is 7.07. The van der Waals surface area contributed by atoms with Gasteiger partial charge in [0.05, 0.1) is 13.2 Å². The van der Waals surface area contributed by atoms with E-state index in [0.29, 0.717) is 25.9 Å². The monoisotopic (exact) mass is 376 g/mol. The van der Waals surface area contributed by atoms with Crippen molar-refractivity contribution in [2.24, 2.45) is 0 Å². The van der Waals surface area contributed by atoms with Crippen LogP contribution in [0, 0.1) is 6.92 Å². The molecule has 2 aromatic heterocycles. The number of anilines is 1. The summed E-state index contributed by atoms with van der Waals surface area (Å²) in [5, 5.41) is 4.75. The Bertz CT molecular complexity index is 778. The number of aryl methyl sites for hydroxylation is 1. The van der Waals surface area contributed by atoms with E-state index in [0.717, 1.165) is 43.4 Å². The molecule has 0 saturated carbocycles. The Labute approximate surface area is 156 Å². The quantitative estimate of drug-likeness (QED) is 0.793. The summed E-state index contributed by atoms with van der Waals surface area (Å²) >= 11 is 1.20. The van der Waals surface area contributed by atoms with Gasteiger partial charge in [-0.15, -0.1) is 0 Å². The summed E-state index contributed by atoms with van der Waals surface area (Å²) in [6.45, 7) is 6.13. The van der Waals surface area contributed by atoms with Gasteiger partial charge < -0.3 is 19.5 Å². The summed E-state index contributed by atoms with van der Waals surface area (Å²) in [5.41, 5.74) is 1.92. The van der Waals surface area contributed by atoms with E-state index in [9.17, 15) is 9.59 Å². The molecule has 3 heterocycles. The van der Waals surface area contributed by atoms with Gasteiger partial charge >= 0.3 is 4.87 Å². The number of thiazole rings is 1. The standard InChI is InChI=1S/C18H24N4O3S/c1-14-13-26-18(24)22(14)6-2-3-17(23)20-12-15-4-5-16(19-11-15)21-7-9-25-10-8-21/h4-5,11,13H,2-3,6-10,12H2,1H3,(H,20,23). The predicted octanol–water partition coefficient (Wildman–Crippen LogP) is 1.55. The Kier molecular flexibility index (Phi) is 6.40. The largest absolute Gasteiger partial charge is 0.378 e. The fraction of sp³-hybridized carbons (Fsp3) is 0.500. The summed E-state index contributed by atoms with van der Waals surface area (Å²) in [4.78, 5) is 30.3. The molecule has 0 aliphatic carbocycles. The number of amides is 1. The fourth-order valence-corrected chi connectivity index (χ4v) is 3.62. The van der Waals surface area contributed by atoms with Crippen LogP contribution in [0.3, 0.4) is 0 Å². The average molecular weight is 376 g/mol. The number of rotatable bonds is 7. The first-order valence-electron chi connectivity index (χ1n) is 8.83. The van der Waals surface area contributed by atoms with Gasteiger partial charge in [0.15, 0.2) is 0 Å². The topological polar surface area (TPSA) is 76.5 Å². The second kappa shape index (κ2) is 8.95. The van der Waals surface area contributed by atoms with Crippen LogP contribution in [0.15, 0.2) is 28.5 Å². The molecule has 140 valence electrons. The van der Waals surface area contributed by atoms with Crippen molar-refractivity contribution >= 4 is 23.1 Å². The molecule has 0 bridgehead atoms. The van der Waals surface area contributed by atoms with Gasteiger partial charge in [0.2, 0.25) is 5.91 Å². The van der Waals surface area contributed by atoms with Crippen LogP contribution in [-0.4, -0.2) is 41.8 Å². The number of ether oxygens (including phenoxy) is 1. The Hall–Kier alpha value is -2.19. The first-order chi connectivity index (χ1) is 12.6. The molecule has 0 aromatic carbocycles. The lowest BCUT2D eigenvalue weighted by Gasteiger charge is -2.27. The van der Waals surface area contributed by atoms with Gasteiger partial charge in [-0.3, -0.25) is 9.59 Å². The summed E-state index contributed by atoms with van der Waals surface area (Å²) in [6.07, 6.45) is 2.86. The van der Waals surface area contributed by atoms with Crippen molar-refractivity contribution in [3.05, 3.63) is 44.6 Å². The number of carbonyl (C=O) groups excluding carboxylic acids is 1. The normalized spacial score (nSPS) is 14.4. The van der Waals surface area contributed by atoms with Crippen molar-refractivity contribution in [2.75, 3.05) is 31.2 Å². The number of hydrogen-bond donors (Lipinski definition) is 1. The Morgan fingerprint density at radius 1 is 1.35 bits per heavy atom. The number of morpholine rings is 1. The van der Waals surface area contributed by atoms with Crippen LogP contribution < -0.4 is 15.1 Å². The third-order valence-electron chi connectivity index (χ3n) is 4.40. The van der Waals surface area contributed by atoms with Crippen LogP contribution in [0.2, 0.25) is 0 Å². The van der Waals surface area contributed by atoms with E-state index in [-0.39, 0.29) is 10.8 Å². The van der Waals surface area contributed by atoms with Crippen LogP contribution >= 0.6 is 11.3 Å². The SMILES string of the molecule is Cc1csc(=O)n1CCCC(=O)NCc1ccc(N2CCOCC2)nc1. The molecule has 7 nitrogen and oxygen atoms in total. The van der Waals surface area contributed by atoms with Crippen LogP contribution in [0.25, 0.3) is 0 Å². The zero-order valence-corrected chi connectivity index (χ0v) is 15.8. The highest BCUT2D eigenvalue weighted by Gasteiger charge is 2.12. The highest BCUT2D eigenvalue weighted by Crippen LogP contribution is 2.13. The molecule has 8 heteroatoms. The molecule has 1 saturated heterocycles. The Morgan fingerprint density at radius 3 is 2.81 bits per heavy atom. The lowest BCUT2D eigenvalue weighted by atomic mass is 10.2. The molecule has 1 fully saturated rings. The second-order valence-electron chi connectivity index (χ2n) is 6.30. The van der Waals surface area contributed by atoms with Crippen molar-refractivity contribution in [1.29, 1.82) is 0 Å². The molecule has 1 aliphatic rings. The summed E-state index contributed by atoms with van der Waals surface area (Å²) in [7, 11) is 0. The molecule has 1 amide bonds. The van der Waals surface area contributed by atoms with Gasteiger partial charge in [0.25, 0.3) is 0 Å². The lowest BCUT2D eigenvalue weighted by molar-refractivity contribution is -0.121. The Morgan fingerprint density at radius 2 is 2.15 bits per heavy atom. The van der Waals surface area contributed by atoms with Gasteiger partial charge in [0.1, 0.15) is 5.82 Å². The maximum atomic E-state index is 12.0. The minimum atomic E-state index is -0.0109. The van der Waals surface area contributed by atoms with Crippen LogP contribution in [0.5, 0.6) is 0 Å². The van der Waals surface area contributed by atoms with Crippen LogP contribution in [-0.2, 0) is 22.6 Å². The molecular formula is C18H24N4O3S. The smallest absolute Gasteiger partial charge is 0.307 e. The van der Waals surface area contributed by atoms with Gasteiger partial charge in [-0.25, -0.2) is 4.98 Å². The highest BCUT2D eigenvalue weighted by atomic mass is 32.1. The van der Waals surface area contributed by atoms with Crippen molar-refractivity contribution in [3.63, 3.8) is 0 Å². The third-order valence-corrected chi connectivity index (χ3v) is 5.28. The number of nitrogens with zero attached hydrogens (tertiary/aromatic N) is 3. The van der Waals surface area contributed by atoms with E-state index >= 15 is 0 Å². The minimum absolute atomic E-state index is 0.0109. The summed E-state index contributed by atoms with van der Waals surface area (Å²) in [6, 6.07) is 3.98. The molecule has 26 heavy (non-hydrogen) atoms. The van der Waals surface area contributed by atoms with Gasteiger partial charge in [-0.2, -0.15) is 0 Å². The van der Waals surface area contributed by atoms with Crippen molar-refractivity contribution in [3.8, 4) is 0 Å². The minimum Gasteiger partial charge on any atom is -0.378 e. The number of carbonyl (C=O) groups is 1. The van der Waals surface area contributed by atoms with Crippen molar-refractivity contribution < 1.29 is 9.53 Å². The second-order valence-corrected chi connectivity index (χ2v) is 7.12. The molecule has 0 atom stereocenters. The molecule has 0 unspecified atom stereocenters. The molecule has 1 aliphatic heterocycles. The van der Waals surface area contributed by atoms with E-state index in [1.165, 1.54) is 11.3 Å². The molecule has 2 aromatic rings. The number of hydrogen-bond acceptors (Lipinski definition) is 6. The lowest BCUT2D eigenvalue weighted by Crippen LogP contribution is -2.36. The number of aromatic nitrogens is 2. The van der Waals surface area contributed by atoms with Crippen molar-refractivity contribution in [2.45, 2.75) is 32.9 Å². The van der Waals surface area contributed by atoms with E-state index < -0.39 is 0 Å². The van der Waals surface area contributed by atoms with E-state index in [2.05, 4.69) is 15.2 Å². The first kappa shape index (κ1) is 18.6. The molecule has 1 N–H and O–H groups in total. The van der Waals surface area contributed by atoms with Gasteiger partial charge in [0, 0.05) is 49.9 Å². The number of nitrogens with one attached hydrogen (secondary N) is 1. The maximum Gasteiger partial charge on any atom is 0.307 e. The van der Waals surface area contributed by atoms with E-state index in [1.807, 2.05) is 24.4 Å². The summed E-state index contributed by atoms with van der Waals surface area (Å²) in [5.74, 6) is 0.933. The molecule has 0 spiro atoms. The zero-order chi connectivity index (χ0) is 18.4. The van der Waals surface area contributed by atoms with Gasteiger partial charge in [-0.1, -0.05) is 17.4 Å². The first-order valence-corrected chi connectivity index (χ1v) is 9.71. The van der Waals surface area contributed by atoms with Crippen LogP contribution in [0.1, 0.15) is 24.1 Å². The fourth-order valence-electron chi connectivity index (χ4n) is 2.86. The van der Waals surface area contributed by atoms with Crippen molar-refractivity contribution in [1.82, 2.24) is 14.9 Å². The maximum absolute atomic E-state index is 12.0. The average Bonchev–Trinajstić information content (AvgIpc) is 2.99. The molecule has 0 radical (unpaired) electrons. The van der Waals surface area contributed by atoms with Gasteiger partial charge in [-0.05, 0) is 25.0 Å². The molecular weight excluding hydrogens is 352 g/mol. The van der Waals surface area contributed by atoms with Crippen LogP contribution in [0.4, 0.5) is 5.82 Å². The molecule has 3 rings (SSSR count). The Balaban J connectivity index is 1.40. The van der Waals surface area contributed by atoms with E-state index in [1.54, 1.807) is 10.8 Å². The number of pyridine rings is 1.